The number of nitrogens with one attached hydrogen (secondary N) is 1. The molecule has 0 saturated carbocycles. The molecule has 1 amide bonds. The number of hydrogen-bond donors (Lipinski definition) is 1. The predicted octanol–water partition coefficient (Wildman–Crippen LogP) is 1.99. The number of hydrogen-bond acceptors (Lipinski definition) is 4. The molecule has 0 aliphatic carbocycles. The van der Waals surface area contributed by atoms with Gasteiger partial charge in [-0.3, -0.25) is 5.10 Å². The van der Waals surface area contributed by atoms with E-state index in [2.05, 4.69) is 10.2 Å². The van der Waals surface area contributed by atoms with E-state index in [9.17, 15) is 4.79 Å². The molecule has 1 aliphatic heterocycles. The second kappa shape index (κ2) is 7.09. The molecular weight excluding hydrogens is 282 g/mol. The minimum atomic E-state index is -0.290. The molecule has 0 radical (unpaired) electrons. The summed E-state index contributed by atoms with van der Waals surface area (Å²) in [5.41, 5.74) is 1.99. The topological polar surface area (TPSA) is 67.4 Å². The van der Waals surface area contributed by atoms with Crippen molar-refractivity contribution in [3.05, 3.63) is 53.9 Å². The molecule has 3 rings (SSSR count). The van der Waals surface area contributed by atoms with Crippen LogP contribution in [0.15, 0.2) is 42.6 Å². The maximum Gasteiger partial charge on any atom is 0.410 e. The van der Waals surface area contributed by atoms with Crippen LogP contribution in [0.2, 0.25) is 0 Å². The Morgan fingerprint density at radius 3 is 3.00 bits per heavy atom. The number of ether oxygens (including phenoxy) is 2. The van der Waals surface area contributed by atoms with E-state index < -0.39 is 0 Å². The lowest BCUT2D eigenvalue weighted by Crippen LogP contribution is -2.46. The van der Waals surface area contributed by atoms with E-state index in [0.29, 0.717) is 32.7 Å². The number of aromatic amines is 1. The first-order valence-electron chi connectivity index (χ1n) is 7.37. The fourth-order valence-electron chi connectivity index (χ4n) is 2.46. The van der Waals surface area contributed by atoms with Crippen molar-refractivity contribution in [1.29, 1.82) is 0 Å². The van der Waals surface area contributed by atoms with Crippen LogP contribution >= 0.6 is 0 Å². The largest absolute Gasteiger partial charge is 0.445 e. The summed E-state index contributed by atoms with van der Waals surface area (Å²) in [6.07, 6.45) is 2.10. The molecule has 2 aromatic rings. The van der Waals surface area contributed by atoms with Crippen LogP contribution in [-0.2, 0) is 22.5 Å². The number of rotatable bonds is 4. The first-order chi connectivity index (χ1) is 10.8. The molecule has 1 saturated heterocycles. The molecule has 1 N–H and O–H groups in total. The summed E-state index contributed by atoms with van der Waals surface area (Å²) >= 11 is 0. The van der Waals surface area contributed by atoms with Crippen LogP contribution in [0.25, 0.3) is 0 Å². The zero-order chi connectivity index (χ0) is 15.2. The van der Waals surface area contributed by atoms with Crippen LogP contribution in [0.5, 0.6) is 0 Å². The van der Waals surface area contributed by atoms with Crippen molar-refractivity contribution < 1.29 is 14.3 Å². The van der Waals surface area contributed by atoms with Gasteiger partial charge in [0.2, 0.25) is 0 Å². The van der Waals surface area contributed by atoms with Crippen molar-refractivity contribution in [3.8, 4) is 0 Å². The van der Waals surface area contributed by atoms with E-state index in [1.165, 1.54) is 0 Å². The molecule has 1 atom stereocenters. The predicted molar refractivity (Wildman–Crippen MR) is 80.2 cm³/mol. The van der Waals surface area contributed by atoms with Crippen molar-refractivity contribution in [1.82, 2.24) is 15.1 Å². The molecule has 1 unspecified atom stereocenters. The number of H-pyrrole nitrogens is 1. The van der Waals surface area contributed by atoms with Gasteiger partial charge in [-0.05, 0) is 11.6 Å². The third kappa shape index (κ3) is 3.85. The average molecular weight is 301 g/mol. The van der Waals surface area contributed by atoms with Gasteiger partial charge in [0.25, 0.3) is 0 Å². The lowest BCUT2D eigenvalue weighted by Gasteiger charge is -2.32. The number of amides is 1. The van der Waals surface area contributed by atoms with Crippen LogP contribution in [0.4, 0.5) is 4.79 Å². The number of morpholine rings is 1. The van der Waals surface area contributed by atoms with Crippen LogP contribution < -0.4 is 0 Å². The summed E-state index contributed by atoms with van der Waals surface area (Å²) < 4.78 is 11.1. The third-order valence-electron chi connectivity index (χ3n) is 3.61. The van der Waals surface area contributed by atoms with Gasteiger partial charge in [-0.25, -0.2) is 4.79 Å². The summed E-state index contributed by atoms with van der Waals surface area (Å²) in [7, 11) is 0. The van der Waals surface area contributed by atoms with Gasteiger partial charge in [-0.2, -0.15) is 5.10 Å². The van der Waals surface area contributed by atoms with Gasteiger partial charge >= 0.3 is 6.09 Å². The fourth-order valence-corrected chi connectivity index (χ4v) is 2.46. The highest BCUT2D eigenvalue weighted by Gasteiger charge is 2.25. The molecule has 0 bridgehead atoms. The SMILES string of the molecule is O=C(OCc1ccccc1)N1CCOC(Cc2ccn[nH]2)C1. The Kier molecular flexibility index (Phi) is 4.70. The molecule has 6 heteroatoms. The summed E-state index contributed by atoms with van der Waals surface area (Å²) in [6, 6.07) is 11.6. The number of aromatic nitrogens is 2. The highest BCUT2D eigenvalue weighted by molar-refractivity contribution is 5.67. The molecule has 0 spiro atoms. The van der Waals surface area contributed by atoms with Crippen molar-refractivity contribution in [2.45, 2.75) is 19.1 Å². The average Bonchev–Trinajstić information content (AvgIpc) is 3.07. The standard InChI is InChI=1S/C16H19N3O3/c20-16(22-12-13-4-2-1-3-5-13)19-8-9-21-15(11-19)10-14-6-7-17-18-14/h1-7,15H,8-12H2,(H,17,18). The lowest BCUT2D eigenvalue weighted by molar-refractivity contribution is -0.0279. The number of benzene rings is 1. The van der Waals surface area contributed by atoms with E-state index in [4.69, 9.17) is 9.47 Å². The van der Waals surface area contributed by atoms with Gasteiger partial charge < -0.3 is 14.4 Å². The smallest absolute Gasteiger partial charge is 0.410 e. The first-order valence-corrected chi connectivity index (χ1v) is 7.37. The monoisotopic (exact) mass is 301 g/mol. The van der Waals surface area contributed by atoms with Gasteiger partial charge in [0, 0.05) is 24.9 Å². The molecule has 1 aromatic carbocycles. The second-order valence-electron chi connectivity index (χ2n) is 5.26. The minimum Gasteiger partial charge on any atom is -0.445 e. The number of carbonyl (C=O) groups excluding carboxylic acids is 1. The fraction of sp³-hybridized carbons (Fsp3) is 0.375. The first kappa shape index (κ1) is 14.6. The molecule has 2 heterocycles. The van der Waals surface area contributed by atoms with Gasteiger partial charge in [0.15, 0.2) is 0 Å². The molecule has 116 valence electrons. The van der Waals surface area contributed by atoms with Gasteiger partial charge in [0.1, 0.15) is 6.61 Å². The lowest BCUT2D eigenvalue weighted by atomic mass is 10.1. The Balaban J connectivity index is 1.49. The summed E-state index contributed by atoms with van der Waals surface area (Å²) in [4.78, 5) is 13.8. The quantitative estimate of drug-likeness (QED) is 0.938. The van der Waals surface area contributed by atoms with E-state index in [-0.39, 0.29) is 12.2 Å². The van der Waals surface area contributed by atoms with E-state index in [1.54, 1.807) is 11.1 Å². The van der Waals surface area contributed by atoms with Crippen molar-refractivity contribution in [3.63, 3.8) is 0 Å². The van der Waals surface area contributed by atoms with Crippen LogP contribution in [0, 0.1) is 0 Å². The Morgan fingerprint density at radius 2 is 2.23 bits per heavy atom. The van der Waals surface area contributed by atoms with Gasteiger partial charge in [-0.15, -0.1) is 0 Å². The summed E-state index contributed by atoms with van der Waals surface area (Å²) in [5.74, 6) is 0. The highest BCUT2D eigenvalue weighted by atomic mass is 16.6. The Bertz CT molecular complexity index is 586. The van der Waals surface area contributed by atoms with Gasteiger partial charge in [0.05, 0.1) is 19.3 Å². The summed E-state index contributed by atoms with van der Waals surface area (Å²) in [5, 5.41) is 6.83. The van der Waals surface area contributed by atoms with E-state index in [0.717, 1.165) is 11.3 Å². The Morgan fingerprint density at radius 1 is 1.36 bits per heavy atom. The van der Waals surface area contributed by atoms with Crippen molar-refractivity contribution in [2.75, 3.05) is 19.7 Å². The molecule has 1 aromatic heterocycles. The van der Waals surface area contributed by atoms with Crippen LogP contribution in [0.1, 0.15) is 11.3 Å². The zero-order valence-corrected chi connectivity index (χ0v) is 12.3. The molecular formula is C16H19N3O3. The Hall–Kier alpha value is -2.34. The number of nitrogens with zero attached hydrogens (tertiary/aromatic N) is 2. The second-order valence-corrected chi connectivity index (χ2v) is 5.26. The normalized spacial score (nSPS) is 18.2. The maximum atomic E-state index is 12.1. The highest BCUT2D eigenvalue weighted by Crippen LogP contribution is 2.12. The van der Waals surface area contributed by atoms with Gasteiger partial charge in [-0.1, -0.05) is 30.3 Å². The molecule has 1 fully saturated rings. The number of carbonyl (C=O) groups is 1. The van der Waals surface area contributed by atoms with Crippen LogP contribution in [-0.4, -0.2) is 47.0 Å². The molecule has 6 nitrogen and oxygen atoms in total. The zero-order valence-electron chi connectivity index (χ0n) is 12.3. The molecule has 1 aliphatic rings. The Labute approximate surface area is 129 Å². The minimum absolute atomic E-state index is 0.0292. The van der Waals surface area contributed by atoms with Crippen LogP contribution in [0.3, 0.4) is 0 Å². The van der Waals surface area contributed by atoms with E-state index in [1.807, 2.05) is 36.4 Å². The van der Waals surface area contributed by atoms with Crippen molar-refractivity contribution in [2.24, 2.45) is 0 Å². The van der Waals surface area contributed by atoms with E-state index >= 15 is 0 Å². The molecule has 22 heavy (non-hydrogen) atoms. The summed E-state index contributed by atoms with van der Waals surface area (Å²) in [6.45, 7) is 1.92. The maximum absolute atomic E-state index is 12.1. The van der Waals surface area contributed by atoms with Crippen molar-refractivity contribution >= 4 is 6.09 Å². The third-order valence-corrected chi connectivity index (χ3v) is 3.61.